The van der Waals surface area contributed by atoms with E-state index in [1.54, 1.807) is 0 Å². The number of aryl methyl sites for hydroxylation is 2. The molecule has 1 atom stereocenters. The summed E-state index contributed by atoms with van der Waals surface area (Å²) in [5.74, 6) is 0. The Morgan fingerprint density at radius 2 is 1.76 bits per heavy atom. The van der Waals surface area contributed by atoms with Crippen molar-refractivity contribution in [3.63, 3.8) is 0 Å². The van der Waals surface area contributed by atoms with E-state index in [2.05, 4.69) is 31.1 Å². The summed E-state index contributed by atoms with van der Waals surface area (Å²) in [4.78, 5) is 4.32. The van der Waals surface area contributed by atoms with E-state index in [1.165, 1.54) is 0 Å². The highest BCUT2D eigenvalue weighted by atomic mass is 16.3. The first-order valence-corrected chi connectivity index (χ1v) is 6.13. The minimum atomic E-state index is -0.316. The van der Waals surface area contributed by atoms with Crippen LogP contribution in [0.15, 0.2) is 12.1 Å². The van der Waals surface area contributed by atoms with Gasteiger partial charge in [-0.05, 0) is 37.8 Å². The van der Waals surface area contributed by atoms with Crippen LogP contribution in [0.5, 0.6) is 0 Å². The van der Waals surface area contributed by atoms with Gasteiger partial charge in [-0.2, -0.15) is 0 Å². The van der Waals surface area contributed by atoms with Crippen molar-refractivity contribution in [2.24, 2.45) is 5.41 Å². The number of nitrogens with one attached hydrogen (secondary N) is 1. The lowest BCUT2D eigenvalue weighted by Crippen LogP contribution is -2.25. The molecular weight excluding hydrogens is 212 g/mol. The van der Waals surface area contributed by atoms with E-state index in [4.69, 9.17) is 0 Å². The average molecular weight is 236 g/mol. The van der Waals surface area contributed by atoms with Crippen LogP contribution in [0.25, 0.3) is 0 Å². The van der Waals surface area contributed by atoms with E-state index in [0.29, 0.717) is 6.54 Å². The molecule has 0 fully saturated rings. The predicted octanol–water partition coefficient (Wildman–Crippen LogP) is 2.91. The molecule has 2 N–H and O–H groups in total. The lowest BCUT2D eigenvalue weighted by molar-refractivity contribution is 0.132. The van der Waals surface area contributed by atoms with Gasteiger partial charge in [-0.1, -0.05) is 20.8 Å². The number of rotatable bonds is 4. The van der Waals surface area contributed by atoms with E-state index in [0.717, 1.165) is 23.5 Å². The molecule has 0 saturated heterocycles. The van der Waals surface area contributed by atoms with Crippen molar-refractivity contribution in [1.82, 2.24) is 4.98 Å². The Morgan fingerprint density at radius 1 is 1.24 bits per heavy atom. The normalized spacial score (nSPS) is 13.5. The van der Waals surface area contributed by atoms with E-state index in [1.807, 2.05) is 26.0 Å². The fourth-order valence-electron chi connectivity index (χ4n) is 1.95. The summed E-state index contributed by atoms with van der Waals surface area (Å²) >= 11 is 0. The molecule has 1 aromatic heterocycles. The summed E-state index contributed by atoms with van der Waals surface area (Å²) in [5, 5.41) is 13.2. The predicted molar refractivity (Wildman–Crippen MR) is 72.3 cm³/mol. The van der Waals surface area contributed by atoms with Crippen LogP contribution < -0.4 is 5.32 Å². The number of hydrogen-bond donors (Lipinski definition) is 2. The van der Waals surface area contributed by atoms with Crippen molar-refractivity contribution >= 4 is 5.69 Å². The first kappa shape index (κ1) is 14.0. The Balaban J connectivity index is 2.50. The van der Waals surface area contributed by atoms with Crippen LogP contribution in [0.4, 0.5) is 5.69 Å². The van der Waals surface area contributed by atoms with Gasteiger partial charge in [0.05, 0.1) is 6.10 Å². The minimum Gasteiger partial charge on any atom is -0.391 e. The van der Waals surface area contributed by atoms with Gasteiger partial charge in [-0.15, -0.1) is 0 Å². The summed E-state index contributed by atoms with van der Waals surface area (Å²) in [7, 11) is 0. The lowest BCUT2D eigenvalue weighted by atomic mass is 9.89. The molecule has 0 bridgehead atoms. The zero-order valence-corrected chi connectivity index (χ0v) is 11.5. The standard InChI is InChI=1S/C14H24N2O/c1-10-6-12(7-11(2)16-10)15-9-13(17)8-14(3,4)5/h6-7,13,17H,8-9H2,1-5H3,(H,15,16). The molecule has 0 aliphatic carbocycles. The topological polar surface area (TPSA) is 45.1 Å². The van der Waals surface area contributed by atoms with Gasteiger partial charge < -0.3 is 10.4 Å². The van der Waals surface area contributed by atoms with Gasteiger partial charge in [0.1, 0.15) is 0 Å². The molecule has 3 heteroatoms. The molecule has 0 amide bonds. The van der Waals surface area contributed by atoms with Gasteiger partial charge in [0.25, 0.3) is 0 Å². The third-order valence-corrected chi connectivity index (χ3v) is 2.47. The Hall–Kier alpha value is -1.09. The number of pyridine rings is 1. The van der Waals surface area contributed by atoms with E-state index < -0.39 is 0 Å². The molecule has 3 nitrogen and oxygen atoms in total. The molecule has 96 valence electrons. The van der Waals surface area contributed by atoms with Crippen LogP contribution in [0.1, 0.15) is 38.6 Å². The number of anilines is 1. The third kappa shape index (κ3) is 5.68. The Morgan fingerprint density at radius 3 is 2.24 bits per heavy atom. The van der Waals surface area contributed by atoms with Crippen LogP contribution in [0, 0.1) is 19.3 Å². The number of nitrogens with zero attached hydrogens (tertiary/aromatic N) is 1. The lowest BCUT2D eigenvalue weighted by Gasteiger charge is -2.22. The van der Waals surface area contributed by atoms with Crippen molar-refractivity contribution in [1.29, 1.82) is 0 Å². The summed E-state index contributed by atoms with van der Waals surface area (Å²) in [6, 6.07) is 3.99. The summed E-state index contributed by atoms with van der Waals surface area (Å²) in [6.45, 7) is 10.9. The fraction of sp³-hybridized carbons (Fsp3) is 0.643. The second-order valence-electron chi connectivity index (χ2n) is 5.94. The van der Waals surface area contributed by atoms with Crippen LogP contribution >= 0.6 is 0 Å². The highest BCUT2D eigenvalue weighted by molar-refractivity contribution is 5.45. The molecule has 0 spiro atoms. The quantitative estimate of drug-likeness (QED) is 0.845. The van der Waals surface area contributed by atoms with Crippen molar-refractivity contribution in [3.8, 4) is 0 Å². The molecule has 0 aromatic carbocycles. The molecule has 0 aliphatic heterocycles. The van der Waals surface area contributed by atoms with Gasteiger partial charge in [-0.25, -0.2) is 0 Å². The maximum atomic E-state index is 9.91. The highest BCUT2D eigenvalue weighted by Crippen LogP contribution is 2.21. The number of aliphatic hydroxyl groups is 1. The first-order chi connectivity index (χ1) is 7.76. The molecule has 0 saturated carbocycles. The van der Waals surface area contributed by atoms with Crippen LogP contribution in [-0.4, -0.2) is 22.7 Å². The van der Waals surface area contributed by atoms with Crippen LogP contribution in [-0.2, 0) is 0 Å². The van der Waals surface area contributed by atoms with Gasteiger partial charge in [0, 0.05) is 23.6 Å². The zero-order chi connectivity index (χ0) is 13.1. The molecule has 17 heavy (non-hydrogen) atoms. The Labute approximate surface area is 104 Å². The maximum Gasteiger partial charge on any atom is 0.0717 e. The largest absolute Gasteiger partial charge is 0.391 e. The molecule has 1 unspecified atom stereocenters. The molecule has 1 aromatic rings. The van der Waals surface area contributed by atoms with Crippen LogP contribution in [0.3, 0.4) is 0 Å². The third-order valence-electron chi connectivity index (χ3n) is 2.47. The summed E-state index contributed by atoms with van der Waals surface area (Å²) in [6.07, 6.45) is 0.479. The zero-order valence-electron chi connectivity index (χ0n) is 11.5. The molecule has 0 radical (unpaired) electrons. The van der Waals surface area contributed by atoms with Crippen molar-refractivity contribution in [3.05, 3.63) is 23.5 Å². The monoisotopic (exact) mass is 236 g/mol. The van der Waals surface area contributed by atoms with Gasteiger partial charge in [-0.3, -0.25) is 4.98 Å². The van der Waals surface area contributed by atoms with Crippen LogP contribution in [0.2, 0.25) is 0 Å². The van der Waals surface area contributed by atoms with Crippen molar-refractivity contribution in [2.75, 3.05) is 11.9 Å². The van der Waals surface area contributed by atoms with E-state index >= 15 is 0 Å². The average Bonchev–Trinajstić information content (AvgIpc) is 2.10. The van der Waals surface area contributed by atoms with Crippen molar-refractivity contribution in [2.45, 2.75) is 47.1 Å². The summed E-state index contributed by atoms with van der Waals surface area (Å²) in [5.41, 5.74) is 3.18. The van der Waals surface area contributed by atoms with E-state index in [-0.39, 0.29) is 11.5 Å². The number of hydrogen-bond acceptors (Lipinski definition) is 3. The van der Waals surface area contributed by atoms with Crippen molar-refractivity contribution < 1.29 is 5.11 Å². The molecular formula is C14H24N2O. The SMILES string of the molecule is Cc1cc(NCC(O)CC(C)(C)C)cc(C)n1. The Bertz CT molecular complexity index is 349. The molecule has 1 heterocycles. The number of aromatic nitrogens is 1. The van der Waals surface area contributed by atoms with E-state index in [9.17, 15) is 5.11 Å². The van der Waals surface area contributed by atoms with Gasteiger partial charge in [0.2, 0.25) is 0 Å². The number of aliphatic hydroxyl groups excluding tert-OH is 1. The highest BCUT2D eigenvalue weighted by Gasteiger charge is 2.16. The Kier molecular flexibility index (Phi) is 4.52. The second kappa shape index (κ2) is 5.50. The van der Waals surface area contributed by atoms with Gasteiger partial charge in [0.15, 0.2) is 0 Å². The fourth-order valence-corrected chi connectivity index (χ4v) is 1.95. The summed E-state index contributed by atoms with van der Waals surface area (Å²) < 4.78 is 0. The minimum absolute atomic E-state index is 0.158. The second-order valence-corrected chi connectivity index (χ2v) is 5.94. The molecule has 0 aliphatic rings. The smallest absolute Gasteiger partial charge is 0.0717 e. The molecule has 1 rings (SSSR count). The maximum absolute atomic E-state index is 9.91. The van der Waals surface area contributed by atoms with Gasteiger partial charge >= 0.3 is 0 Å². The first-order valence-electron chi connectivity index (χ1n) is 6.13.